The van der Waals surface area contributed by atoms with Crippen LogP contribution in [0.3, 0.4) is 0 Å². The highest BCUT2D eigenvalue weighted by Crippen LogP contribution is 2.34. The lowest BCUT2D eigenvalue weighted by atomic mass is 9.85. The monoisotopic (exact) mass is 289 g/mol. The molecule has 100 valence electrons. The van der Waals surface area contributed by atoms with Gasteiger partial charge in [0.2, 0.25) is 5.91 Å². The van der Waals surface area contributed by atoms with Crippen LogP contribution in [-0.4, -0.2) is 24.5 Å². The van der Waals surface area contributed by atoms with E-state index in [0.717, 1.165) is 37.3 Å². The maximum atomic E-state index is 12.1. The fraction of sp³-hybridized carbons (Fsp3) is 0.417. The Hall–Kier alpha value is -0.970. The molecule has 0 aliphatic carbocycles. The van der Waals surface area contributed by atoms with E-state index < -0.39 is 5.54 Å². The summed E-state index contributed by atoms with van der Waals surface area (Å²) in [7, 11) is 0. The zero-order valence-electron chi connectivity index (χ0n) is 9.86. The highest BCUT2D eigenvalue weighted by atomic mass is 35.5. The quantitative estimate of drug-likeness (QED) is 0.685. The summed E-state index contributed by atoms with van der Waals surface area (Å²) in [6.45, 7) is 1.78. The van der Waals surface area contributed by atoms with E-state index in [1.165, 1.54) is 0 Å². The molecule has 0 aromatic heterocycles. The number of nitrogens with one attached hydrogen (secondary N) is 3. The minimum atomic E-state index is -0.403. The third-order valence-electron chi connectivity index (χ3n) is 3.44. The maximum Gasteiger partial charge on any atom is 0.250 e. The van der Waals surface area contributed by atoms with E-state index in [1.54, 1.807) is 0 Å². The van der Waals surface area contributed by atoms with Crippen molar-refractivity contribution >= 4 is 42.1 Å². The molecule has 2 heterocycles. The van der Waals surface area contributed by atoms with Crippen LogP contribution >= 0.6 is 24.8 Å². The number of para-hydroxylation sites is 2. The minimum absolute atomic E-state index is 0. The summed E-state index contributed by atoms with van der Waals surface area (Å²) in [6.07, 6.45) is 1.68. The Morgan fingerprint density at radius 1 is 1.00 bits per heavy atom. The predicted molar refractivity (Wildman–Crippen MR) is 78.0 cm³/mol. The first-order valence-electron chi connectivity index (χ1n) is 5.70. The van der Waals surface area contributed by atoms with Crippen molar-refractivity contribution in [1.82, 2.24) is 5.32 Å². The van der Waals surface area contributed by atoms with E-state index in [4.69, 9.17) is 0 Å². The van der Waals surface area contributed by atoms with Gasteiger partial charge in [-0.25, -0.2) is 0 Å². The summed E-state index contributed by atoms with van der Waals surface area (Å²) >= 11 is 0. The number of anilines is 2. The average Bonchev–Trinajstić information content (AvgIpc) is 2.32. The van der Waals surface area contributed by atoms with Crippen molar-refractivity contribution in [3.63, 3.8) is 0 Å². The van der Waals surface area contributed by atoms with Crippen LogP contribution in [0.15, 0.2) is 24.3 Å². The Morgan fingerprint density at radius 3 is 2.28 bits per heavy atom. The van der Waals surface area contributed by atoms with Crippen molar-refractivity contribution in [2.45, 2.75) is 18.4 Å². The molecule has 0 saturated carbocycles. The number of benzene rings is 1. The predicted octanol–water partition coefficient (Wildman–Crippen LogP) is 2.02. The fourth-order valence-electron chi connectivity index (χ4n) is 2.46. The molecular weight excluding hydrogens is 273 g/mol. The summed E-state index contributed by atoms with van der Waals surface area (Å²) in [4.78, 5) is 12.1. The Morgan fingerprint density at radius 2 is 1.61 bits per heavy atom. The molecule has 0 atom stereocenters. The number of fused-ring (bicyclic) bond motifs is 1. The number of piperidine rings is 1. The molecule has 2 aliphatic heterocycles. The molecule has 1 amide bonds. The van der Waals surface area contributed by atoms with E-state index >= 15 is 0 Å². The van der Waals surface area contributed by atoms with Crippen LogP contribution in [0.4, 0.5) is 11.4 Å². The molecule has 1 aromatic rings. The lowest BCUT2D eigenvalue weighted by Crippen LogP contribution is -2.57. The molecule has 4 nitrogen and oxygen atoms in total. The van der Waals surface area contributed by atoms with Gasteiger partial charge in [-0.15, -0.1) is 24.8 Å². The average molecular weight is 290 g/mol. The van der Waals surface area contributed by atoms with E-state index in [9.17, 15) is 4.79 Å². The van der Waals surface area contributed by atoms with Gasteiger partial charge in [0, 0.05) is 0 Å². The molecular formula is C12H17Cl2N3O. The molecule has 1 fully saturated rings. The summed E-state index contributed by atoms with van der Waals surface area (Å²) in [5.74, 6) is 0.104. The lowest BCUT2D eigenvalue weighted by Gasteiger charge is -2.41. The number of hydrogen-bond donors (Lipinski definition) is 3. The van der Waals surface area contributed by atoms with Gasteiger partial charge in [-0.05, 0) is 38.1 Å². The van der Waals surface area contributed by atoms with E-state index in [1.807, 2.05) is 24.3 Å². The molecule has 1 spiro atoms. The van der Waals surface area contributed by atoms with Gasteiger partial charge in [-0.3, -0.25) is 4.79 Å². The maximum absolute atomic E-state index is 12.1. The minimum Gasteiger partial charge on any atom is -0.369 e. The van der Waals surface area contributed by atoms with Gasteiger partial charge in [-0.1, -0.05) is 12.1 Å². The normalized spacial score (nSPS) is 19.7. The Labute approximate surface area is 119 Å². The van der Waals surface area contributed by atoms with Crippen LogP contribution in [0.5, 0.6) is 0 Å². The van der Waals surface area contributed by atoms with Gasteiger partial charge >= 0.3 is 0 Å². The smallest absolute Gasteiger partial charge is 0.250 e. The topological polar surface area (TPSA) is 53.2 Å². The zero-order valence-corrected chi connectivity index (χ0v) is 11.5. The molecule has 0 unspecified atom stereocenters. The van der Waals surface area contributed by atoms with Gasteiger partial charge in [0.1, 0.15) is 5.54 Å². The number of rotatable bonds is 0. The van der Waals surface area contributed by atoms with Crippen LogP contribution < -0.4 is 16.0 Å². The van der Waals surface area contributed by atoms with Gasteiger partial charge in [-0.2, -0.15) is 0 Å². The van der Waals surface area contributed by atoms with Crippen molar-refractivity contribution in [2.75, 3.05) is 23.7 Å². The molecule has 2 aliphatic rings. The van der Waals surface area contributed by atoms with Crippen LogP contribution in [0.2, 0.25) is 0 Å². The lowest BCUT2D eigenvalue weighted by molar-refractivity contribution is -0.121. The number of hydrogen-bond acceptors (Lipinski definition) is 3. The van der Waals surface area contributed by atoms with E-state index in [2.05, 4.69) is 16.0 Å². The van der Waals surface area contributed by atoms with E-state index in [0.29, 0.717) is 0 Å². The number of carbonyl (C=O) groups excluding carboxylic acids is 1. The first-order valence-corrected chi connectivity index (χ1v) is 5.70. The molecule has 1 aromatic carbocycles. The SMILES string of the molecule is Cl.Cl.O=C1Nc2ccccc2NC12CCNCC2. The van der Waals surface area contributed by atoms with Gasteiger partial charge in [0.05, 0.1) is 11.4 Å². The molecule has 1 saturated heterocycles. The van der Waals surface area contributed by atoms with Crippen molar-refractivity contribution in [2.24, 2.45) is 0 Å². The second kappa shape index (κ2) is 5.78. The first-order chi connectivity index (χ1) is 7.80. The summed E-state index contributed by atoms with van der Waals surface area (Å²) in [5, 5.41) is 9.68. The van der Waals surface area contributed by atoms with Crippen LogP contribution in [-0.2, 0) is 4.79 Å². The number of carbonyl (C=O) groups is 1. The Bertz CT molecular complexity index is 433. The van der Waals surface area contributed by atoms with Crippen molar-refractivity contribution in [3.8, 4) is 0 Å². The highest BCUT2D eigenvalue weighted by Gasteiger charge is 2.42. The Kier molecular flexibility index (Phi) is 4.85. The second-order valence-corrected chi connectivity index (χ2v) is 4.46. The van der Waals surface area contributed by atoms with Crippen LogP contribution in [0, 0.1) is 0 Å². The third-order valence-corrected chi connectivity index (χ3v) is 3.44. The Balaban J connectivity index is 0.000000810. The van der Waals surface area contributed by atoms with Gasteiger partial charge < -0.3 is 16.0 Å². The van der Waals surface area contributed by atoms with Crippen LogP contribution in [0.25, 0.3) is 0 Å². The van der Waals surface area contributed by atoms with Crippen molar-refractivity contribution < 1.29 is 4.79 Å². The van der Waals surface area contributed by atoms with Gasteiger partial charge in [0.15, 0.2) is 0 Å². The summed E-state index contributed by atoms with van der Waals surface area (Å²) < 4.78 is 0. The highest BCUT2D eigenvalue weighted by molar-refractivity contribution is 6.06. The van der Waals surface area contributed by atoms with Crippen molar-refractivity contribution in [1.29, 1.82) is 0 Å². The van der Waals surface area contributed by atoms with Crippen LogP contribution in [0.1, 0.15) is 12.8 Å². The van der Waals surface area contributed by atoms with Gasteiger partial charge in [0.25, 0.3) is 0 Å². The summed E-state index contributed by atoms with van der Waals surface area (Å²) in [5.41, 5.74) is 1.51. The largest absolute Gasteiger partial charge is 0.369 e. The fourth-order valence-corrected chi connectivity index (χ4v) is 2.46. The second-order valence-electron chi connectivity index (χ2n) is 4.46. The number of halogens is 2. The molecule has 0 bridgehead atoms. The molecule has 3 rings (SSSR count). The zero-order chi connectivity index (χ0) is 11.0. The molecule has 18 heavy (non-hydrogen) atoms. The third kappa shape index (κ3) is 2.41. The van der Waals surface area contributed by atoms with E-state index in [-0.39, 0.29) is 30.7 Å². The number of amides is 1. The summed E-state index contributed by atoms with van der Waals surface area (Å²) in [6, 6.07) is 7.85. The molecule has 3 N–H and O–H groups in total. The molecule has 0 radical (unpaired) electrons. The first kappa shape index (κ1) is 15.1. The van der Waals surface area contributed by atoms with Crippen molar-refractivity contribution in [3.05, 3.63) is 24.3 Å². The molecule has 6 heteroatoms. The standard InChI is InChI=1S/C12H15N3O.2ClH/c16-11-12(5-7-13-8-6-12)15-10-4-2-1-3-9(10)14-11;;/h1-4,13,15H,5-8H2,(H,14,16);2*1H.